The van der Waals surface area contributed by atoms with Gasteiger partial charge in [0.1, 0.15) is 0 Å². The van der Waals surface area contributed by atoms with Crippen molar-refractivity contribution in [2.45, 2.75) is 6.92 Å². The van der Waals surface area contributed by atoms with Crippen LogP contribution in [0.15, 0.2) is 47.7 Å². The molecule has 1 N–H and O–H groups in total. The number of nitrogens with one attached hydrogen (secondary N) is 1. The number of amides is 1. The molecule has 0 fully saturated rings. The summed E-state index contributed by atoms with van der Waals surface area (Å²) < 4.78 is 10.5. The minimum absolute atomic E-state index is 0.254. The highest BCUT2D eigenvalue weighted by atomic mass is 16.7. The Morgan fingerprint density at radius 3 is 2.96 bits per heavy atom. The van der Waals surface area contributed by atoms with Crippen LogP contribution in [0.1, 0.15) is 21.6 Å². The van der Waals surface area contributed by atoms with Crippen LogP contribution in [0.3, 0.4) is 0 Å². The molecule has 0 bridgehead atoms. The molecule has 0 saturated heterocycles. The number of nitrogens with zero attached hydrogens (tertiary/aromatic N) is 2. The summed E-state index contributed by atoms with van der Waals surface area (Å²) in [5.74, 6) is 1.17. The fourth-order valence-electron chi connectivity index (χ4n) is 1.98. The standard InChI is InChI=1S/C17H15N3O3/c1-12-4-6-14(10-18-12)17(21)20-19-8-2-3-13-5-7-15-16(9-13)23-11-22-15/h2-10H,11H2,1H3,(H,20,21)/b3-2+,19-8?. The Balaban J connectivity index is 1.54. The lowest BCUT2D eigenvalue weighted by atomic mass is 10.2. The van der Waals surface area contributed by atoms with E-state index in [1.807, 2.05) is 31.2 Å². The second-order valence-corrected chi connectivity index (χ2v) is 4.88. The number of benzene rings is 1. The van der Waals surface area contributed by atoms with Gasteiger partial charge in [-0.05, 0) is 42.8 Å². The average Bonchev–Trinajstić information content (AvgIpc) is 3.02. The van der Waals surface area contributed by atoms with Crippen LogP contribution < -0.4 is 14.9 Å². The highest BCUT2D eigenvalue weighted by Crippen LogP contribution is 2.32. The third-order valence-electron chi connectivity index (χ3n) is 3.19. The van der Waals surface area contributed by atoms with Crippen LogP contribution in [0, 0.1) is 6.92 Å². The SMILES string of the molecule is Cc1ccc(C(=O)NN=C/C=C/c2ccc3c(c2)OCO3)cn1. The molecule has 3 rings (SSSR count). The van der Waals surface area contributed by atoms with Crippen LogP contribution in [0.5, 0.6) is 11.5 Å². The molecule has 1 amide bonds. The summed E-state index contributed by atoms with van der Waals surface area (Å²) in [4.78, 5) is 15.9. The average molecular weight is 309 g/mol. The van der Waals surface area contributed by atoms with E-state index in [4.69, 9.17) is 9.47 Å². The summed E-state index contributed by atoms with van der Waals surface area (Å²) in [5, 5.41) is 3.86. The van der Waals surface area contributed by atoms with Crippen molar-refractivity contribution in [3.63, 3.8) is 0 Å². The molecule has 116 valence electrons. The predicted molar refractivity (Wildman–Crippen MR) is 86.5 cm³/mol. The first-order valence-electron chi connectivity index (χ1n) is 7.05. The van der Waals surface area contributed by atoms with Crippen LogP contribution >= 0.6 is 0 Å². The lowest BCUT2D eigenvalue weighted by Crippen LogP contribution is -2.17. The van der Waals surface area contributed by atoms with E-state index in [1.165, 1.54) is 12.4 Å². The number of ether oxygens (including phenoxy) is 2. The second-order valence-electron chi connectivity index (χ2n) is 4.88. The summed E-state index contributed by atoms with van der Waals surface area (Å²) in [6.07, 6.45) is 6.60. The van der Waals surface area contributed by atoms with Gasteiger partial charge >= 0.3 is 0 Å². The number of aryl methyl sites for hydroxylation is 1. The number of allylic oxidation sites excluding steroid dienone is 1. The van der Waals surface area contributed by atoms with E-state index in [2.05, 4.69) is 15.5 Å². The molecular formula is C17H15N3O3. The third-order valence-corrected chi connectivity index (χ3v) is 3.19. The summed E-state index contributed by atoms with van der Waals surface area (Å²) in [5.41, 5.74) is 4.72. The zero-order chi connectivity index (χ0) is 16.1. The van der Waals surface area contributed by atoms with Crippen molar-refractivity contribution in [1.29, 1.82) is 0 Å². The number of pyridine rings is 1. The van der Waals surface area contributed by atoms with Gasteiger partial charge in [-0.3, -0.25) is 9.78 Å². The minimum Gasteiger partial charge on any atom is -0.454 e. The molecule has 0 radical (unpaired) electrons. The molecule has 6 nitrogen and oxygen atoms in total. The first-order valence-corrected chi connectivity index (χ1v) is 7.05. The first kappa shape index (κ1) is 14.8. The largest absolute Gasteiger partial charge is 0.454 e. The Kier molecular flexibility index (Phi) is 4.33. The van der Waals surface area contributed by atoms with Gasteiger partial charge in [0.05, 0.1) is 5.56 Å². The maximum atomic E-state index is 11.8. The molecule has 0 aliphatic carbocycles. The van der Waals surface area contributed by atoms with Crippen molar-refractivity contribution >= 4 is 18.2 Å². The molecule has 6 heteroatoms. The van der Waals surface area contributed by atoms with Gasteiger partial charge in [0, 0.05) is 18.1 Å². The van der Waals surface area contributed by atoms with Crippen LogP contribution in [-0.2, 0) is 0 Å². The van der Waals surface area contributed by atoms with E-state index >= 15 is 0 Å². The number of carbonyl (C=O) groups is 1. The van der Waals surface area contributed by atoms with E-state index in [9.17, 15) is 4.79 Å². The predicted octanol–water partition coefficient (Wildman–Crippen LogP) is 2.55. The molecule has 1 aliphatic heterocycles. The summed E-state index contributed by atoms with van der Waals surface area (Å²) in [7, 11) is 0. The lowest BCUT2D eigenvalue weighted by Gasteiger charge is -1.99. The molecule has 1 aromatic heterocycles. The van der Waals surface area contributed by atoms with Gasteiger partial charge in [0.25, 0.3) is 5.91 Å². The molecule has 23 heavy (non-hydrogen) atoms. The number of rotatable bonds is 4. The molecular weight excluding hydrogens is 294 g/mol. The van der Waals surface area contributed by atoms with Gasteiger partial charge in [0.2, 0.25) is 6.79 Å². The maximum absolute atomic E-state index is 11.8. The van der Waals surface area contributed by atoms with Crippen molar-refractivity contribution in [3.05, 3.63) is 59.4 Å². The minimum atomic E-state index is -0.301. The third kappa shape index (κ3) is 3.74. The number of hydrogen-bond acceptors (Lipinski definition) is 5. The fourth-order valence-corrected chi connectivity index (χ4v) is 1.98. The van der Waals surface area contributed by atoms with Crippen molar-refractivity contribution in [2.75, 3.05) is 6.79 Å². The summed E-state index contributed by atoms with van der Waals surface area (Å²) in [6, 6.07) is 9.12. The zero-order valence-corrected chi connectivity index (χ0v) is 12.5. The summed E-state index contributed by atoms with van der Waals surface area (Å²) >= 11 is 0. The van der Waals surface area contributed by atoms with Gasteiger partial charge in [-0.1, -0.05) is 12.1 Å². The van der Waals surface area contributed by atoms with Crippen molar-refractivity contribution < 1.29 is 14.3 Å². The Bertz CT molecular complexity index is 767. The lowest BCUT2D eigenvalue weighted by molar-refractivity contribution is 0.0955. The second kappa shape index (κ2) is 6.74. The molecule has 2 aromatic rings. The van der Waals surface area contributed by atoms with Crippen molar-refractivity contribution in [3.8, 4) is 11.5 Å². The Labute approximate surface area is 133 Å². The van der Waals surface area contributed by atoms with E-state index in [1.54, 1.807) is 18.2 Å². The van der Waals surface area contributed by atoms with Crippen molar-refractivity contribution in [2.24, 2.45) is 5.10 Å². The normalized spacial score (nSPS) is 12.9. The highest BCUT2D eigenvalue weighted by molar-refractivity contribution is 5.94. The monoisotopic (exact) mass is 309 g/mol. The van der Waals surface area contributed by atoms with Gasteiger partial charge < -0.3 is 9.47 Å². The van der Waals surface area contributed by atoms with Crippen molar-refractivity contribution in [1.82, 2.24) is 10.4 Å². The van der Waals surface area contributed by atoms with Gasteiger partial charge in [-0.25, -0.2) is 5.43 Å². The topological polar surface area (TPSA) is 72.8 Å². The Hall–Kier alpha value is -3.15. The van der Waals surface area contributed by atoms with Crippen LogP contribution in [-0.4, -0.2) is 23.9 Å². The maximum Gasteiger partial charge on any atom is 0.272 e. The van der Waals surface area contributed by atoms with Gasteiger partial charge in [-0.2, -0.15) is 5.10 Å². The number of carbonyl (C=O) groups excluding carboxylic acids is 1. The fraction of sp³-hybridized carbons (Fsp3) is 0.118. The molecule has 0 unspecified atom stereocenters. The molecule has 0 atom stereocenters. The van der Waals surface area contributed by atoms with E-state index in [-0.39, 0.29) is 12.7 Å². The zero-order valence-electron chi connectivity index (χ0n) is 12.5. The smallest absolute Gasteiger partial charge is 0.272 e. The number of hydrazone groups is 1. The van der Waals surface area contributed by atoms with E-state index in [0.717, 1.165) is 22.8 Å². The quantitative estimate of drug-likeness (QED) is 0.696. The first-order chi connectivity index (χ1) is 11.2. The van der Waals surface area contributed by atoms with Crippen LogP contribution in [0.4, 0.5) is 0 Å². The van der Waals surface area contributed by atoms with Gasteiger partial charge in [0.15, 0.2) is 11.5 Å². The van der Waals surface area contributed by atoms with Crippen LogP contribution in [0.25, 0.3) is 6.08 Å². The number of fused-ring (bicyclic) bond motifs is 1. The van der Waals surface area contributed by atoms with Gasteiger partial charge in [-0.15, -0.1) is 0 Å². The molecule has 2 heterocycles. The highest BCUT2D eigenvalue weighted by Gasteiger charge is 2.11. The molecule has 1 aromatic carbocycles. The molecule has 0 saturated carbocycles. The molecule has 0 spiro atoms. The number of aromatic nitrogens is 1. The Morgan fingerprint density at radius 2 is 2.13 bits per heavy atom. The van der Waals surface area contributed by atoms with Crippen LogP contribution in [0.2, 0.25) is 0 Å². The number of hydrogen-bond donors (Lipinski definition) is 1. The van der Waals surface area contributed by atoms with E-state index < -0.39 is 0 Å². The Morgan fingerprint density at radius 1 is 1.26 bits per heavy atom. The summed E-state index contributed by atoms with van der Waals surface area (Å²) in [6.45, 7) is 2.12. The molecule has 1 aliphatic rings. The van der Waals surface area contributed by atoms with E-state index in [0.29, 0.717) is 5.56 Å².